The van der Waals surface area contributed by atoms with Gasteiger partial charge in [-0.25, -0.2) is 9.49 Å². The van der Waals surface area contributed by atoms with E-state index in [9.17, 15) is 27.2 Å². The Labute approximate surface area is 194 Å². The van der Waals surface area contributed by atoms with Gasteiger partial charge < -0.3 is 9.73 Å². The maximum absolute atomic E-state index is 14.3. The molecular weight excluding hydrogens is 470 g/mol. The van der Waals surface area contributed by atoms with Gasteiger partial charge in [-0.05, 0) is 42.8 Å². The highest BCUT2D eigenvalue weighted by Crippen LogP contribution is 2.27. The monoisotopic (exact) mass is 485 g/mol. The predicted molar refractivity (Wildman–Crippen MR) is 115 cm³/mol. The lowest BCUT2D eigenvalue weighted by Crippen LogP contribution is -2.24. The molecule has 2 aromatic heterocycles. The van der Waals surface area contributed by atoms with E-state index in [4.69, 9.17) is 0 Å². The van der Waals surface area contributed by atoms with Gasteiger partial charge in [-0.1, -0.05) is 12.0 Å². The molecule has 12 heteroatoms. The number of benzene rings is 2. The second-order valence-corrected chi connectivity index (χ2v) is 7.31. The van der Waals surface area contributed by atoms with Gasteiger partial charge >= 0.3 is 12.1 Å². The van der Waals surface area contributed by atoms with Gasteiger partial charge in [0.05, 0.1) is 23.2 Å². The van der Waals surface area contributed by atoms with Gasteiger partial charge in [0.15, 0.2) is 0 Å². The third kappa shape index (κ3) is 5.19. The Morgan fingerprint density at radius 3 is 2.66 bits per heavy atom. The normalized spacial score (nSPS) is 11.2. The van der Waals surface area contributed by atoms with Gasteiger partial charge in [-0.15, -0.1) is 16.1 Å². The molecule has 0 aliphatic rings. The molecule has 2 aromatic carbocycles. The zero-order valence-electron chi connectivity index (χ0n) is 18.0. The van der Waals surface area contributed by atoms with E-state index >= 15 is 0 Å². The molecule has 1 amide bonds. The van der Waals surface area contributed by atoms with Gasteiger partial charge in [0.25, 0.3) is 11.5 Å². The number of nitrogens with zero attached hydrogens (tertiary/aromatic N) is 3. The Kier molecular flexibility index (Phi) is 6.33. The standard InChI is InChI=1S/C23H15F4N5O3/c1-2-3-12-4-6-14-15(8-12)18(29-31-21(14)34)10-13-5-7-17(24)16(9-13)20(33)28-11-19-30-32-22(35-19)23(25,26)27/h4-9H,10-11H2,1H3,(H,28,33)(H,31,34). The summed E-state index contributed by atoms with van der Waals surface area (Å²) in [6.07, 6.45) is -4.67. The molecule has 178 valence electrons. The molecule has 0 spiro atoms. The van der Waals surface area contributed by atoms with E-state index in [2.05, 4.69) is 42.0 Å². The van der Waals surface area contributed by atoms with Gasteiger partial charge in [0, 0.05) is 17.4 Å². The number of carbonyl (C=O) groups excluding carboxylic acids is 1. The van der Waals surface area contributed by atoms with E-state index in [0.29, 0.717) is 27.6 Å². The molecule has 2 N–H and O–H groups in total. The number of aromatic amines is 1. The quantitative estimate of drug-likeness (QED) is 0.331. The van der Waals surface area contributed by atoms with Crippen LogP contribution in [0.1, 0.15) is 45.9 Å². The van der Waals surface area contributed by atoms with Gasteiger partial charge in [-0.2, -0.15) is 18.3 Å². The van der Waals surface area contributed by atoms with Crippen molar-refractivity contribution in [1.82, 2.24) is 25.7 Å². The molecular formula is C23H15F4N5O3. The van der Waals surface area contributed by atoms with Gasteiger partial charge in [-0.3, -0.25) is 9.59 Å². The average Bonchev–Trinajstić information content (AvgIpc) is 3.31. The van der Waals surface area contributed by atoms with Crippen LogP contribution < -0.4 is 10.9 Å². The maximum Gasteiger partial charge on any atom is 0.470 e. The lowest BCUT2D eigenvalue weighted by Gasteiger charge is -2.09. The number of halogens is 4. The molecule has 0 saturated carbocycles. The zero-order chi connectivity index (χ0) is 25.2. The van der Waals surface area contributed by atoms with Crippen LogP contribution in [-0.4, -0.2) is 26.3 Å². The maximum atomic E-state index is 14.3. The number of hydrogen-bond donors (Lipinski definition) is 2. The molecule has 0 aliphatic heterocycles. The van der Waals surface area contributed by atoms with E-state index in [0.717, 1.165) is 6.07 Å². The van der Waals surface area contributed by atoms with Gasteiger partial charge in [0.2, 0.25) is 5.89 Å². The first-order chi connectivity index (χ1) is 16.7. The van der Waals surface area contributed by atoms with Crippen molar-refractivity contribution in [2.75, 3.05) is 0 Å². The number of aromatic nitrogens is 4. The highest BCUT2D eigenvalue weighted by Gasteiger charge is 2.38. The fourth-order valence-corrected chi connectivity index (χ4v) is 3.32. The van der Waals surface area contributed by atoms with Crippen LogP contribution in [0.5, 0.6) is 0 Å². The molecule has 0 fully saturated rings. The van der Waals surface area contributed by atoms with Crippen LogP contribution in [0, 0.1) is 17.7 Å². The van der Waals surface area contributed by atoms with Crippen LogP contribution in [-0.2, 0) is 19.1 Å². The molecule has 0 atom stereocenters. The van der Waals surface area contributed by atoms with Crippen molar-refractivity contribution in [3.8, 4) is 11.8 Å². The summed E-state index contributed by atoms with van der Waals surface area (Å²) in [5.74, 6) is 1.91. The Balaban J connectivity index is 1.57. The minimum atomic E-state index is -4.82. The minimum Gasteiger partial charge on any atom is -0.415 e. The molecule has 4 rings (SSSR count). The topological polar surface area (TPSA) is 114 Å². The van der Waals surface area contributed by atoms with Crippen molar-refractivity contribution in [2.24, 2.45) is 0 Å². The summed E-state index contributed by atoms with van der Waals surface area (Å²) < 4.78 is 56.5. The van der Waals surface area contributed by atoms with Crippen molar-refractivity contribution in [3.05, 3.63) is 86.7 Å². The summed E-state index contributed by atoms with van der Waals surface area (Å²) in [7, 11) is 0. The molecule has 0 radical (unpaired) electrons. The van der Waals surface area contributed by atoms with E-state index in [1.165, 1.54) is 12.1 Å². The molecule has 0 aliphatic carbocycles. The number of nitrogens with one attached hydrogen (secondary N) is 2. The average molecular weight is 485 g/mol. The summed E-state index contributed by atoms with van der Waals surface area (Å²) in [6, 6.07) is 8.88. The number of carbonyl (C=O) groups is 1. The van der Waals surface area contributed by atoms with Crippen LogP contribution in [0.2, 0.25) is 0 Å². The number of rotatable bonds is 5. The van der Waals surface area contributed by atoms with Crippen LogP contribution in [0.15, 0.2) is 45.6 Å². The fourth-order valence-electron chi connectivity index (χ4n) is 3.32. The predicted octanol–water partition coefficient (Wildman–Crippen LogP) is 3.36. The van der Waals surface area contributed by atoms with Crippen LogP contribution in [0.3, 0.4) is 0 Å². The smallest absolute Gasteiger partial charge is 0.415 e. The largest absolute Gasteiger partial charge is 0.470 e. The van der Waals surface area contributed by atoms with Crippen molar-refractivity contribution in [2.45, 2.75) is 26.1 Å². The molecule has 0 bridgehead atoms. The lowest BCUT2D eigenvalue weighted by atomic mass is 10.0. The van der Waals surface area contributed by atoms with Crippen LogP contribution in [0.4, 0.5) is 17.6 Å². The number of fused-ring (bicyclic) bond motifs is 1. The highest BCUT2D eigenvalue weighted by molar-refractivity contribution is 5.94. The molecule has 2 heterocycles. The molecule has 0 saturated heterocycles. The Bertz CT molecular complexity index is 1550. The molecule has 4 aromatic rings. The Hall–Kier alpha value is -4.53. The Morgan fingerprint density at radius 1 is 1.14 bits per heavy atom. The van der Waals surface area contributed by atoms with Gasteiger partial charge in [0.1, 0.15) is 5.82 Å². The third-order valence-electron chi connectivity index (χ3n) is 4.89. The Morgan fingerprint density at radius 2 is 1.94 bits per heavy atom. The second-order valence-electron chi connectivity index (χ2n) is 7.31. The summed E-state index contributed by atoms with van der Waals surface area (Å²) in [5, 5.41) is 15.8. The molecule has 0 unspecified atom stereocenters. The molecule has 8 nitrogen and oxygen atoms in total. The highest BCUT2D eigenvalue weighted by atomic mass is 19.4. The van der Waals surface area contributed by atoms with Crippen LogP contribution >= 0.6 is 0 Å². The second kappa shape index (κ2) is 9.38. The van der Waals surface area contributed by atoms with Crippen molar-refractivity contribution < 1.29 is 26.8 Å². The van der Waals surface area contributed by atoms with E-state index < -0.39 is 36.2 Å². The number of hydrogen-bond acceptors (Lipinski definition) is 6. The fraction of sp³-hybridized carbons (Fsp3) is 0.174. The summed E-state index contributed by atoms with van der Waals surface area (Å²) >= 11 is 0. The lowest BCUT2D eigenvalue weighted by molar-refractivity contribution is -0.157. The summed E-state index contributed by atoms with van der Waals surface area (Å²) in [5.41, 5.74) is 0.935. The van der Waals surface area contributed by atoms with Crippen molar-refractivity contribution in [1.29, 1.82) is 0 Å². The first-order valence-electron chi connectivity index (χ1n) is 10.1. The number of alkyl halides is 3. The first kappa shape index (κ1) is 23.6. The number of amides is 1. The molecule has 35 heavy (non-hydrogen) atoms. The summed E-state index contributed by atoms with van der Waals surface area (Å²) in [6.45, 7) is 1.15. The van der Waals surface area contributed by atoms with Crippen molar-refractivity contribution >= 4 is 16.7 Å². The first-order valence-corrected chi connectivity index (χ1v) is 10.1. The third-order valence-corrected chi connectivity index (χ3v) is 4.89. The zero-order valence-corrected chi connectivity index (χ0v) is 18.0. The van der Waals surface area contributed by atoms with E-state index in [1.54, 1.807) is 25.1 Å². The number of H-pyrrole nitrogens is 1. The van der Waals surface area contributed by atoms with Crippen molar-refractivity contribution in [3.63, 3.8) is 0 Å². The van der Waals surface area contributed by atoms with E-state index in [1.807, 2.05) is 0 Å². The summed E-state index contributed by atoms with van der Waals surface area (Å²) in [4.78, 5) is 24.6. The SMILES string of the molecule is CC#Cc1ccc2c(=O)[nH]nc(Cc3ccc(F)c(C(=O)NCc4nnc(C(F)(F)F)o4)c3)c2c1. The van der Waals surface area contributed by atoms with Crippen LogP contribution in [0.25, 0.3) is 10.8 Å². The van der Waals surface area contributed by atoms with E-state index in [-0.39, 0.29) is 17.5 Å². The minimum absolute atomic E-state index is 0.148.